The number of nitrogen functional groups attached to an aromatic ring is 1. The van der Waals surface area contributed by atoms with Gasteiger partial charge in [0.1, 0.15) is 17.3 Å². The monoisotopic (exact) mass is 307 g/mol. The molecule has 0 aliphatic heterocycles. The van der Waals surface area contributed by atoms with Crippen molar-refractivity contribution in [3.05, 3.63) is 35.4 Å². The molecule has 6 nitrogen and oxygen atoms in total. The maximum absolute atomic E-state index is 11.3. The van der Waals surface area contributed by atoms with Crippen molar-refractivity contribution in [3.8, 4) is 0 Å². The van der Waals surface area contributed by atoms with Gasteiger partial charge in [0.2, 0.25) is 0 Å². The maximum atomic E-state index is 11.3. The van der Waals surface area contributed by atoms with Gasteiger partial charge in [-0.25, -0.2) is 9.97 Å². The molecule has 0 amide bonds. The van der Waals surface area contributed by atoms with Crippen LogP contribution in [-0.4, -0.2) is 28.3 Å². The van der Waals surface area contributed by atoms with Crippen LogP contribution in [0.1, 0.15) is 24.0 Å². The Morgan fingerprint density at radius 3 is 2.90 bits per heavy atom. The van der Waals surface area contributed by atoms with Gasteiger partial charge in [-0.3, -0.25) is 4.79 Å². The van der Waals surface area contributed by atoms with Gasteiger partial charge in [0.15, 0.2) is 5.16 Å². The van der Waals surface area contributed by atoms with Gasteiger partial charge in [0.25, 0.3) is 0 Å². The van der Waals surface area contributed by atoms with E-state index in [9.17, 15) is 4.79 Å². The molecule has 0 saturated carbocycles. The number of esters is 1. The number of ether oxygens (including phenoxy) is 1. The summed E-state index contributed by atoms with van der Waals surface area (Å²) < 4.78 is 10.3. The first-order valence-corrected chi connectivity index (χ1v) is 7.52. The Morgan fingerprint density at radius 2 is 2.29 bits per heavy atom. The topological polar surface area (TPSA) is 91.2 Å². The molecule has 2 rings (SSSR count). The van der Waals surface area contributed by atoms with E-state index in [0.717, 1.165) is 17.1 Å². The van der Waals surface area contributed by atoms with Gasteiger partial charge in [-0.1, -0.05) is 11.8 Å². The molecule has 0 bridgehead atoms. The van der Waals surface area contributed by atoms with E-state index in [0.29, 0.717) is 24.0 Å². The van der Waals surface area contributed by atoms with Crippen LogP contribution < -0.4 is 5.73 Å². The van der Waals surface area contributed by atoms with E-state index in [1.807, 2.05) is 19.1 Å². The molecule has 0 saturated heterocycles. The number of rotatable bonds is 6. The van der Waals surface area contributed by atoms with Crippen LogP contribution in [0.15, 0.2) is 27.9 Å². The fourth-order valence-corrected chi connectivity index (χ4v) is 2.32. The summed E-state index contributed by atoms with van der Waals surface area (Å²) in [6.45, 7) is 4.02. The first-order chi connectivity index (χ1) is 10.1. The lowest BCUT2D eigenvalue weighted by atomic mass is 10.2. The van der Waals surface area contributed by atoms with E-state index in [1.165, 1.54) is 11.8 Å². The normalized spacial score (nSPS) is 10.6. The third kappa shape index (κ3) is 4.49. The van der Waals surface area contributed by atoms with Gasteiger partial charge in [-0.15, -0.1) is 0 Å². The Labute approximate surface area is 127 Å². The maximum Gasteiger partial charge on any atom is 0.316 e. The average molecular weight is 307 g/mol. The highest BCUT2D eigenvalue weighted by Crippen LogP contribution is 2.19. The van der Waals surface area contributed by atoms with Crippen LogP contribution in [0.25, 0.3) is 0 Å². The van der Waals surface area contributed by atoms with Crippen molar-refractivity contribution >= 4 is 23.5 Å². The molecule has 0 radical (unpaired) electrons. The van der Waals surface area contributed by atoms with Gasteiger partial charge in [0, 0.05) is 18.2 Å². The molecule has 2 N–H and O–H groups in total. The summed E-state index contributed by atoms with van der Waals surface area (Å²) in [5, 5.41) is 0.458. The third-order valence-corrected chi connectivity index (χ3v) is 3.50. The molecule has 0 aliphatic rings. The average Bonchev–Trinajstić information content (AvgIpc) is 2.85. The van der Waals surface area contributed by atoms with Crippen molar-refractivity contribution in [1.82, 2.24) is 9.97 Å². The van der Waals surface area contributed by atoms with Crippen LogP contribution in [0, 0.1) is 6.92 Å². The zero-order chi connectivity index (χ0) is 15.2. The number of aryl methyl sites for hydroxylation is 1. The predicted octanol–water partition coefficient (Wildman–Crippen LogP) is 2.21. The van der Waals surface area contributed by atoms with Gasteiger partial charge in [-0.2, -0.15) is 0 Å². The van der Waals surface area contributed by atoms with Gasteiger partial charge in [-0.05, 0) is 26.0 Å². The summed E-state index contributed by atoms with van der Waals surface area (Å²) in [5.41, 5.74) is 6.71. The smallest absolute Gasteiger partial charge is 0.316 e. The second-order valence-corrected chi connectivity index (χ2v) is 5.29. The number of hydrogen-bond acceptors (Lipinski definition) is 7. The van der Waals surface area contributed by atoms with Crippen molar-refractivity contribution in [3.63, 3.8) is 0 Å². The highest BCUT2D eigenvalue weighted by Gasteiger charge is 2.10. The van der Waals surface area contributed by atoms with Crippen LogP contribution >= 0.6 is 11.8 Å². The van der Waals surface area contributed by atoms with Crippen molar-refractivity contribution in [2.75, 3.05) is 18.1 Å². The molecule has 2 aromatic heterocycles. The van der Waals surface area contributed by atoms with E-state index in [1.54, 1.807) is 13.1 Å². The standard InChI is InChI=1S/C14H17N3O3S/c1-3-19-12(18)8-21-14-16-7-10(13(15)17-14)6-11-5-4-9(2)20-11/h4-5,7H,3,6,8H2,1-2H3,(H2,15,16,17). The number of nitrogens with two attached hydrogens (primary N) is 1. The summed E-state index contributed by atoms with van der Waals surface area (Å²) in [6.07, 6.45) is 2.20. The minimum Gasteiger partial charge on any atom is -0.466 e. The molecule has 2 aromatic rings. The summed E-state index contributed by atoms with van der Waals surface area (Å²) in [6, 6.07) is 3.80. The summed E-state index contributed by atoms with van der Waals surface area (Å²) in [4.78, 5) is 19.7. The number of aromatic nitrogens is 2. The number of nitrogens with zero attached hydrogens (tertiary/aromatic N) is 2. The number of carbonyl (C=O) groups is 1. The molecular weight excluding hydrogens is 290 g/mol. The van der Waals surface area contributed by atoms with Crippen molar-refractivity contribution in [2.45, 2.75) is 25.4 Å². The Hall–Kier alpha value is -2.02. The lowest BCUT2D eigenvalue weighted by molar-refractivity contribution is -0.139. The minimum absolute atomic E-state index is 0.171. The molecule has 0 unspecified atom stereocenters. The summed E-state index contributed by atoms with van der Waals surface area (Å²) in [7, 11) is 0. The zero-order valence-corrected chi connectivity index (χ0v) is 12.8. The van der Waals surface area contributed by atoms with E-state index in [4.69, 9.17) is 14.9 Å². The van der Waals surface area contributed by atoms with Gasteiger partial charge < -0.3 is 14.9 Å². The highest BCUT2D eigenvalue weighted by atomic mass is 32.2. The van der Waals surface area contributed by atoms with E-state index < -0.39 is 0 Å². The Kier molecular flexibility index (Phi) is 5.21. The van der Waals surface area contributed by atoms with Crippen LogP contribution in [-0.2, 0) is 16.0 Å². The fraction of sp³-hybridized carbons (Fsp3) is 0.357. The quantitative estimate of drug-likeness (QED) is 0.497. The SMILES string of the molecule is CCOC(=O)CSc1ncc(Cc2ccc(C)o2)c(N)n1. The molecule has 7 heteroatoms. The minimum atomic E-state index is -0.292. The van der Waals surface area contributed by atoms with Crippen molar-refractivity contribution in [2.24, 2.45) is 0 Å². The van der Waals surface area contributed by atoms with Crippen molar-refractivity contribution in [1.29, 1.82) is 0 Å². The van der Waals surface area contributed by atoms with E-state index in [2.05, 4.69) is 9.97 Å². The Bertz CT molecular complexity index is 628. The molecule has 0 atom stereocenters. The van der Waals surface area contributed by atoms with Gasteiger partial charge >= 0.3 is 5.97 Å². The molecular formula is C14H17N3O3S. The molecule has 0 aromatic carbocycles. The fourth-order valence-electron chi connectivity index (χ4n) is 1.70. The Morgan fingerprint density at radius 1 is 1.48 bits per heavy atom. The number of carbonyl (C=O) groups excluding carboxylic acids is 1. The largest absolute Gasteiger partial charge is 0.466 e. The van der Waals surface area contributed by atoms with Crippen LogP contribution in [0.5, 0.6) is 0 Å². The lowest BCUT2D eigenvalue weighted by Gasteiger charge is -2.05. The summed E-state index contributed by atoms with van der Waals surface area (Å²) in [5.74, 6) is 1.94. The molecule has 0 spiro atoms. The lowest BCUT2D eigenvalue weighted by Crippen LogP contribution is -2.08. The molecule has 0 fully saturated rings. The number of hydrogen-bond donors (Lipinski definition) is 1. The first-order valence-electron chi connectivity index (χ1n) is 6.53. The molecule has 0 aliphatic carbocycles. The van der Waals surface area contributed by atoms with E-state index in [-0.39, 0.29) is 11.7 Å². The number of thioether (sulfide) groups is 1. The van der Waals surface area contributed by atoms with Crippen LogP contribution in [0.2, 0.25) is 0 Å². The zero-order valence-electron chi connectivity index (χ0n) is 12.0. The molecule has 112 valence electrons. The first kappa shape index (κ1) is 15.4. The van der Waals surface area contributed by atoms with Crippen LogP contribution in [0.3, 0.4) is 0 Å². The predicted molar refractivity (Wildman–Crippen MR) is 80.1 cm³/mol. The van der Waals surface area contributed by atoms with Crippen LogP contribution in [0.4, 0.5) is 5.82 Å². The second-order valence-electron chi connectivity index (χ2n) is 4.35. The Balaban J connectivity index is 1.98. The third-order valence-electron chi connectivity index (χ3n) is 2.66. The number of anilines is 1. The highest BCUT2D eigenvalue weighted by molar-refractivity contribution is 7.99. The molecule has 21 heavy (non-hydrogen) atoms. The number of furan rings is 1. The van der Waals surface area contributed by atoms with E-state index >= 15 is 0 Å². The summed E-state index contributed by atoms with van der Waals surface area (Å²) >= 11 is 1.20. The van der Waals surface area contributed by atoms with Crippen molar-refractivity contribution < 1.29 is 13.9 Å². The van der Waals surface area contributed by atoms with Gasteiger partial charge in [0.05, 0.1) is 12.4 Å². The molecule has 2 heterocycles. The second kappa shape index (κ2) is 7.12.